The molecule has 4 aromatic rings. The largest absolute Gasteiger partial charge is 0.478 e. The van der Waals surface area contributed by atoms with Gasteiger partial charge < -0.3 is 14.9 Å². The summed E-state index contributed by atoms with van der Waals surface area (Å²) in [4.78, 5) is 19.3. The number of halogens is 2. The lowest BCUT2D eigenvalue weighted by atomic mass is 9.95. The summed E-state index contributed by atoms with van der Waals surface area (Å²) in [5, 5.41) is 15.9. The van der Waals surface area contributed by atoms with Gasteiger partial charge in [0.1, 0.15) is 11.9 Å². The van der Waals surface area contributed by atoms with Gasteiger partial charge >= 0.3 is 5.82 Å². The van der Waals surface area contributed by atoms with Gasteiger partial charge in [-0.2, -0.15) is 5.10 Å². The monoisotopic (exact) mass is 551 g/mol. The minimum Gasteiger partial charge on any atom is -0.478 e. The predicted octanol–water partition coefficient (Wildman–Crippen LogP) is 6.29. The molecule has 1 aromatic carbocycles. The van der Waals surface area contributed by atoms with E-state index in [1.165, 1.54) is 37.2 Å². The Morgan fingerprint density at radius 1 is 1.25 bits per heavy atom. The third kappa shape index (κ3) is 5.43. The number of rotatable bonds is 9. The van der Waals surface area contributed by atoms with Crippen molar-refractivity contribution in [2.45, 2.75) is 38.8 Å². The highest BCUT2D eigenvalue weighted by Crippen LogP contribution is 2.36. The number of ether oxygens (including phenoxy) is 1. The molecule has 1 aliphatic rings. The molecule has 3 aromatic heterocycles. The van der Waals surface area contributed by atoms with Crippen LogP contribution in [-0.2, 0) is 13.0 Å². The van der Waals surface area contributed by atoms with E-state index in [-0.39, 0.29) is 5.75 Å². The Morgan fingerprint density at radius 2 is 2.08 bits per heavy atom. The predicted molar refractivity (Wildman–Crippen MR) is 135 cm³/mol. The SMILES string of the molecule is C[C@@H](Oc1cc(Br)cnc1[N+](=O)[O-])c1cc(F)ccc1-c1ncccc1Cc1cnn(CC2CC2)c1. The number of benzene rings is 1. The lowest BCUT2D eigenvalue weighted by Crippen LogP contribution is -2.09. The number of pyridine rings is 2. The second-order valence-corrected chi connectivity index (χ2v) is 9.84. The number of hydrogen-bond acceptors (Lipinski definition) is 6. The van der Waals surface area contributed by atoms with Crippen LogP contribution in [0.4, 0.5) is 10.2 Å². The van der Waals surface area contributed by atoms with Gasteiger partial charge in [0.25, 0.3) is 0 Å². The topological polar surface area (TPSA) is 96.0 Å². The van der Waals surface area contributed by atoms with Gasteiger partial charge in [-0.25, -0.2) is 4.39 Å². The van der Waals surface area contributed by atoms with E-state index in [0.717, 1.165) is 23.6 Å². The first-order valence-corrected chi connectivity index (χ1v) is 12.4. The Morgan fingerprint density at radius 3 is 2.86 bits per heavy atom. The molecule has 0 saturated heterocycles. The Hall–Kier alpha value is -3.66. The highest BCUT2D eigenvalue weighted by atomic mass is 79.9. The van der Waals surface area contributed by atoms with Crippen LogP contribution in [-0.4, -0.2) is 24.7 Å². The van der Waals surface area contributed by atoms with Crippen LogP contribution in [0.2, 0.25) is 0 Å². The fraction of sp³-hybridized carbons (Fsp3) is 0.269. The minimum absolute atomic E-state index is 0.0126. The maximum atomic E-state index is 14.4. The molecule has 36 heavy (non-hydrogen) atoms. The lowest BCUT2D eigenvalue weighted by molar-refractivity contribution is -0.390. The van der Waals surface area contributed by atoms with Crippen LogP contribution in [0.1, 0.15) is 42.6 Å². The van der Waals surface area contributed by atoms with E-state index in [4.69, 9.17) is 4.74 Å². The van der Waals surface area contributed by atoms with Crippen molar-refractivity contribution in [3.63, 3.8) is 0 Å². The third-order valence-corrected chi connectivity index (χ3v) is 6.53. The summed E-state index contributed by atoms with van der Waals surface area (Å²) in [5.74, 6) is -0.137. The fourth-order valence-electron chi connectivity index (χ4n) is 4.18. The molecule has 1 aliphatic carbocycles. The first kappa shape index (κ1) is 24.1. The summed E-state index contributed by atoms with van der Waals surface area (Å²) < 4.78 is 22.8. The number of aromatic nitrogens is 4. The standard InChI is InChI=1S/C26H23BrFN5O3/c1-16(36-24-10-20(27)13-30-26(24)33(34)35)23-11-21(28)6-7-22(23)25-19(3-2-8-29-25)9-18-12-31-32(15-18)14-17-4-5-17/h2-3,6-8,10-13,15-17H,4-5,9,14H2,1H3/t16-/m1/s1. The van der Waals surface area contributed by atoms with Gasteiger partial charge in [-0.1, -0.05) is 6.07 Å². The highest BCUT2D eigenvalue weighted by molar-refractivity contribution is 9.10. The van der Waals surface area contributed by atoms with Gasteiger partial charge in [0.2, 0.25) is 5.75 Å². The molecular weight excluding hydrogens is 529 g/mol. The van der Waals surface area contributed by atoms with Crippen molar-refractivity contribution >= 4 is 21.7 Å². The smallest absolute Gasteiger partial charge is 0.406 e. The molecule has 0 bridgehead atoms. The van der Waals surface area contributed by atoms with Crippen molar-refractivity contribution in [3.05, 3.63) is 98.3 Å². The van der Waals surface area contributed by atoms with Crippen LogP contribution in [0.5, 0.6) is 5.75 Å². The molecule has 0 spiro atoms. The van der Waals surface area contributed by atoms with Crippen molar-refractivity contribution in [2.24, 2.45) is 5.92 Å². The summed E-state index contributed by atoms with van der Waals surface area (Å²) in [5.41, 5.74) is 3.93. The molecule has 1 saturated carbocycles. The Balaban J connectivity index is 1.47. The van der Waals surface area contributed by atoms with Crippen LogP contribution in [0.25, 0.3) is 11.3 Å². The zero-order chi connectivity index (χ0) is 25.2. The molecule has 0 amide bonds. The zero-order valence-electron chi connectivity index (χ0n) is 19.5. The van der Waals surface area contributed by atoms with Gasteiger partial charge in [-0.05, 0) is 86.9 Å². The normalized spacial score (nSPS) is 14.0. The van der Waals surface area contributed by atoms with E-state index in [9.17, 15) is 14.5 Å². The van der Waals surface area contributed by atoms with Crippen molar-refractivity contribution in [1.29, 1.82) is 0 Å². The van der Waals surface area contributed by atoms with Crippen LogP contribution in [0, 0.1) is 21.8 Å². The van der Waals surface area contributed by atoms with Crippen molar-refractivity contribution in [2.75, 3.05) is 0 Å². The molecule has 0 unspecified atom stereocenters. The number of hydrogen-bond donors (Lipinski definition) is 0. The van der Waals surface area contributed by atoms with E-state index in [1.54, 1.807) is 19.2 Å². The summed E-state index contributed by atoms with van der Waals surface area (Å²) in [6, 6.07) is 9.76. The molecule has 0 aliphatic heterocycles. The average molecular weight is 552 g/mol. The van der Waals surface area contributed by atoms with Crippen LogP contribution in [0.3, 0.4) is 0 Å². The molecule has 5 rings (SSSR count). The molecule has 8 nitrogen and oxygen atoms in total. The molecule has 1 atom stereocenters. The highest BCUT2D eigenvalue weighted by Gasteiger charge is 2.24. The van der Waals surface area contributed by atoms with Crippen molar-refractivity contribution < 1.29 is 14.1 Å². The fourth-order valence-corrected chi connectivity index (χ4v) is 4.49. The number of nitrogens with zero attached hydrogens (tertiary/aromatic N) is 5. The maximum absolute atomic E-state index is 14.4. The van der Waals surface area contributed by atoms with Gasteiger partial charge in [-0.15, -0.1) is 0 Å². The molecule has 184 valence electrons. The van der Waals surface area contributed by atoms with E-state index >= 15 is 0 Å². The van der Waals surface area contributed by atoms with Crippen LogP contribution in [0.15, 0.2) is 65.7 Å². The molecule has 10 heteroatoms. The molecule has 0 radical (unpaired) electrons. The van der Waals surface area contributed by atoms with Gasteiger partial charge in [0.05, 0.1) is 16.4 Å². The molecule has 0 N–H and O–H groups in total. The Kier molecular flexibility index (Phi) is 6.77. The van der Waals surface area contributed by atoms with Crippen molar-refractivity contribution in [1.82, 2.24) is 19.7 Å². The average Bonchev–Trinajstić information content (AvgIpc) is 3.56. The summed E-state index contributed by atoms with van der Waals surface area (Å²) in [6.45, 7) is 2.65. The van der Waals surface area contributed by atoms with E-state index in [2.05, 4.69) is 37.2 Å². The second kappa shape index (κ2) is 10.1. The quantitative estimate of drug-likeness (QED) is 0.179. The number of nitro groups is 1. The van der Waals surface area contributed by atoms with Crippen LogP contribution < -0.4 is 4.74 Å². The van der Waals surface area contributed by atoms with Crippen molar-refractivity contribution in [3.8, 4) is 17.0 Å². The Bertz CT molecular complexity index is 1420. The van der Waals surface area contributed by atoms with Gasteiger partial charge in [0.15, 0.2) is 6.20 Å². The van der Waals surface area contributed by atoms with Gasteiger partial charge in [0, 0.05) is 42.6 Å². The molecule has 1 fully saturated rings. The zero-order valence-corrected chi connectivity index (χ0v) is 21.1. The summed E-state index contributed by atoms with van der Waals surface area (Å²) in [7, 11) is 0. The summed E-state index contributed by atoms with van der Waals surface area (Å²) in [6.07, 6.45) is 9.36. The maximum Gasteiger partial charge on any atom is 0.406 e. The van der Waals surface area contributed by atoms with E-state index in [0.29, 0.717) is 27.7 Å². The third-order valence-electron chi connectivity index (χ3n) is 6.10. The molecular formula is C26H23BrFN5O3. The second-order valence-electron chi connectivity index (χ2n) is 8.93. The minimum atomic E-state index is -0.721. The lowest BCUT2D eigenvalue weighted by Gasteiger charge is -2.19. The summed E-state index contributed by atoms with van der Waals surface area (Å²) >= 11 is 3.27. The van der Waals surface area contributed by atoms with Gasteiger partial charge in [-0.3, -0.25) is 9.67 Å². The first-order valence-electron chi connectivity index (χ1n) is 11.6. The molecule has 3 heterocycles. The first-order chi connectivity index (χ1) is 17.4. The van der Waals surface area contributed by atoms with E-state index in [1.807, 2.05) is 23.0 Å². The Labute approximate surface area is 215 Å². The van der Waals surface area contributed by atoms with Crippen LogP contribution >= 0.6 is 15.9 Å². The van der Waals surface area contributed by atoms with E-state index < -0.39 is 22.7 Å².